The highest BCUT2D eigenvalue weighted by Crippen LogP contribution is 2.38. The van der Waals surface area contributed by atoms with Gasteiger partial charge in [0, 0.05) is 23.2 Å². The first-order chi connectivity index (χ1) is 16.0. The van der Waals surface area contributed by atoms with E-state index in [0.29, 0.717) is 17.9 Å². The number of piperidine rings is 1. The van der Waals surface area contributed by atoms with Crippen LogP contribution in [0.25, 0.3) is 27.9 Å². The van der Waals surface area contributed by atoms with Crippen molar-refractivity contribution >= 4 is 16.7 Å². The predicted octanol–water partition coefficient (Wildman–Crippen LogP) is 3.99. The van der Waals surface area contributed by atoms with Crippen molar-refractivity contribution in [1.82, 2.24) is 34.4 Å². The van der Waals surface area contributed by atoms with Gasteiger partial charge in [0.1, 0.15) is 12.2 Å². The normalized spacial score (nSPS) is 18.6. The number of ether oxygens (including phenoxy) is 1. The highest BCUT2D eigenvalue weighted by atomic mass is 16.5. The molecule has 2 aliphatic heterocycles. The fourth-order valence-electron chi connectivity index (χ4n) is 5.39. The van der Waals surface area contributed by atoms with Gasteiger partial charge in [0.2, 0.25) is 0 Å². The van der Waals surface area contributed by atoms with Crippen LogP contribution in [0.2, 0.25) is 0 Å². The number of aryl methyl sites for hydroxylation is 1. The fourth-order valence-corrected chi connectivity index (χ4v) is 5.39. The van der Waals surface area contributed by atoms with Crippen LogP contribution in [0.15, 0.2) is 18.7 Å². The van der Waals surface area contributed by atoms with Crippen LogP contribution in [0.4, 0.5) is 0 Å². The molecule has 33 heavy (non-hydrogen) atoms. The Labute approximate surface area is 193 Å². The molecule has 0 unspecified atom stereocenters. The van der Waals surface area contributed by atoms with Crippen molar-refractivity contribution in [2.75, 3.05) is 26.3 Å². The largest absolute Gasteiger partial charge is 0.378 e. The van der Waals surface area contributed by atoms with Gasteiger partial charge in [0.05, 0.1) is 42.2 Å². The minimum absolute atomic E-state index is 0.322. The van der Waals surface area contributed by atoms with Gasteiger partial charge in [-0.1, -0.05) is 13.8 Å². The minimum Gasteiger partial charge on any atom is -0.378 e. The molecule has 4 aromatic heterocycles. The lowest BCUT2D eigenvalue weighted by atomic mass is 9.93. The van der Waals surface area contributed by atoms with E-state index in [0.717, 1.165) is 78.5 Å². The Bertz CT molecular complexity index is 1330. The standard InChI is InChI=1S/C25H31N7O/c1-14(2)21-22(19-10-32-25(27-13-28-32)16(4)15(19)3)29-20-9-26-24(30-23(20)21)17-5-7-31(8-6-17)18-11-33-12-18/h9-10,13-14,17-18,29H,5-8,11-12H2,1-4H3. The molecule has 0 atom stereocenters. The van der Waals surface area contributed by atoms with Gasteiger partial charge >= 0.3 is 0 Å². The van der Waals surface area contributed by atoms with E-state index >= 15 is 0 Å². The van der Waals surface area contributed by atoms with Gasteiger partial charge in [0.25, 0.3) is 0 Å². The van der Waals surface area contributed by atoms with Crippen LogP contribution in [0.1, 0.15) is 61.0 Å². The third-order valence-electron chi connectivity index (χ3n) is 7.60. The van der Waals surface area contributed by atoms with Gasteiger partial charge in [-0.2, -0.15) is 5.10 Å². The third kappa shape index (κ3) is 3.35. The molecular formula is C25H31N7O. The number of aromatic amines is 1. The summed E-state index contributed by atoms with van der Waals surface area (Å²) in [6.07, 6.45) is 7.89. The maximum Gasteiger partial charge on any atom is 0.158 e. The predicted molar refractivity (Wildman–Crippen MR) is 128 cm³/mol. The zero-order valence-corrected chi connectivity index (χ0v) is 19.8. The molecule has 0 spiro atoms. The molecule has 8 nitrogen and oxygen atoms in total. The summed E-state index contributed by atoms with van der Waals surface area (Å²) in [5.41, 5.74) is 8.82. The summed E-state index contributed by atoms with van der Waals surface area (Å²) in [5.74, 6) is 1.72. The number of hydrogen-bond acceptors (Lipinski definition) is 6. The molecule has 8 heteroatoms. The van der Waals surface area contributed by atoms with E-state index in [1.165, 1.54) is 11.1 Å². The van der Waals surface area contributed by atoms with E-state index in [2.05, 4.69) is 53.9 Å². The van der Waals surface area contributed by atoms with Crippen molar-refractivity contribution in [3.63, 3.8) is 0 Å². The van der Waals surface area contributed by atoms with Gasteiger partial charge in [-0.3, -0.25) is 4.90 Å². The number of likely N-dealkylation sites (tertiary alicyclic amines) is 1. The second-order valence-corrected chi connectivity index (χ2v) is 9.88. The van der Waals surface area contributed by atoms with E-state index in [4.69, 9.17) is 14.7 Å². The van der Waals surface area contributed by atoms with Crippen LogP contribution in [0, 0.1) is 13.8 Å². The molecular weight excluding hydrogens is 414 g/mol. The molecule has 6 rings (SSSR count). The Hall–Kier alpha value is -2.84. The molecule has 2 fully saturated rings. The van der Waals surface area contributed by atoms with Crippen molar-refractivity contribution in [1.29, 1.82) is 0 Å². The van der Waals surface area contributed by atoms with Crippen molar-refractivity contribution < 1.29 is 4.74 Å². The van der Waals surface area contributed by atoms with Crippen molar-refractivity contribution in [3.05, 3.63) is 41.2 Å². The maximum absolute atomic E-state index is 5.38. The second kappa shape index (κ2) is 7.88. The van der Waals surface area contributed by atoms with Gasteiger partial charge < -0.3 is 9.72 Å². The minimum atomic E-state index is 0.322. The number of hydrogen-bond donors (Lipinski definition) is 1. The van der Waals surface area contributed by atoms with E-state index < -0.39 is 0 Å². The fraction of sp³-hybridized carbons (Fsp3) is 0.520. The van der Waals surface area contributed by atoms with Crippen LogP contribution in [0.5, 0.6) is 0 Å². The summed E-state index contributed by atoms with van der Waals surface area (Å²) >= 11 is 0. The van der Waals surface area contributed by atoms with Crippen LogP contribution in [-0.4, -0.2) is 66.8 Å². The molecule has 6 heterocycles. The number of nitrogens with zero attached hydrogens (tertiary/aromatic N) is 6. The molecule has 0 aromatic carbocycles. The monoisotopic (exact) mass is 445 g/mol. The summed E-state index contributed by atoms with van der Waals surface area (Å²) in [6.45, 7) is 12.7. The Morgan fingerprint density at radius 3 is 2.58 bits per heavy atom. The zero-order chi connectivity index (χ0) is 22.7. The van der Waals surface area contributed by atoms with Gasteiger partial charge in [0.15, 0.2) is 5.65 Å². The van der Waals surface area contributed by atoms with E-state index in [9.17, 15) is 0 Å². The van der Waals surface area contributed by atoms with Crippen LogP contribution in [-0.2, 0) is 4.74 Å². The zero-order valence-electron chi connectivity index (χ0n) is 19.8. The summed E-state index contributed by atoms with van der Waals surface area (Å²) in [4.78, 5) is 20.6. The Morgan fingerprint density at radius 2 is 1.88 bits per heavy atom. The summed E-state index contributed by atoms with van der Waals surface area (Å²) < 4.78 is 7.24. The van der Waals surface area contributed by atoms with E-state index in [1.54, 1.807) is 6.33 Å². The number of fused-ring (bicyclic) bond motifs is 2. The summed E-state index contributed by atoms with van der Waals surface area (Å²) in [7, 11) is 0. The van der Waals surface area contributed by atoms with Gasteiger partial charge in [-0.25, -0.2) is 19.5 Å². The van der Waals surface area contributed by atoms with Crippen LogP contribution >= 0.6 is 0 Å². The molecule has 0 saturated carbocycles. The lowest BCUT2D eigenvalue weighted by molar-refractivity contribution is -0.0714. The average Bonchev–Trinajstić information content (AvgIpc) is 3.39. The number of pyridine rings is 1. The highest BCUT2D eigenvalue weighted by Gasteiger charge is 2.31. The number of H-pyrrole nitrogens is 1. The molecule has 2 aliphatic rings. The molecule has 4 aromatic rings. The summed E-state index contributed by atoms with van der Waals surface area (Å²) in [5, 5.41) is 4.39. The first-order valence-corrected chi connectivity index (χ1v) is 12.0. The number of aromatic nitrogens is 6. The highest BCUT2D eigenvalue weighted by molar-refractivity contribution is 5.89. The Balaban J connectivity index is 1.40. The number of nitrogens with one attached hydrogen (secondary N) is 1. The number of rotatable bonds is 4. The van der Waals surface area contributed by atoms with Crippen molar-refractivity contribution in [2.45, 2.75) is 58.4 Å². The smallest absolute Gasteiger partial charge is 0.158 e. The topological polar surface area (TPSA) is 84.2 Å². The van der Waals surface area contributed by atoms with Gasteiger partial charge in [-0.15, -0.1) is 0 Å². The maximum atomic E-state index is 5.38. The molecule has 172 valence electrons. The SMILES string of the molecule is Cc1c(-c2[nH]c3cnc(C4CCN(C5COC5)CC4)nc3c2C(C)C)cn2ncnc2c1C. The van der Waals surface area contributed by atoms with Crippen LogP contribution < -0.4 is 0 Å². The van der Waals surface area contributed by atoms with Crippen LogP contribution in [0.3, 0.4) is 0 Å². The third-order valence-corrected chi connectivity index (χ3v) is 7.60. The molecule has 0 amide bonds. The van der Waals surface area contributed by atoms with E-state index in [-0.39, 0.29) is 0 Å². The average molecular weight is 446 g/mol. The summed E-state index contributed by atoms with van der Waals surface area (Å²) in [6, 6.07) is 0.614. The second-order valence-electron chi connectivity index (χ2n) is 9.88. The lowest BCUT2D eigenvalue weighted by Crippen LogP contribution is -2.51. The first kappa shape index (κ1) is 20.7. The Morgan fingerprint density at radius 1 is 1.09 bits per heavy atom. The van der Waals surface area contributed by atoms with Crippen molar-refractivity contribution in [3.8, 4) is 11.3 Å². The molecule has 0 bridgehead atoms. The quantitative estimate of drug-likeness (QED) is 0.511. The molecule has 0 aliphatic carbocycles. The molecule has 0 radical (unpaired) electrons. The molecule has 2 saturated heterocycles. The Kier molecular flexibility index (Phi) is 4.96. The molecule has 1 N–H and O–H groups in total. The van der Waals surface area contributed by atoms with Crippen molar-refractivity contribution in [2.24, 2.45) is 0 Å². The lowest BCUT2D eigenvalue weighted by Gasteiger charge is -2.41. The van der Waals surface area contributed by atoms with Gasteiger partial charge in [-0.05, 0) is 56.8 Å². The van der Waals surface area contributed by atoms with E-state index in [1.807, 2.05) is 10.7 Å². The first-order valence-electron chi connectivity index (χ1n) is 12.0.